The highest BCUT2D eigenvalue weighted by Crippen LogP contribution is 2.14. The number of carbonyl (C=O) groups excluding carboxylic acids is 2. The summed E-state index contributed by atoms with van der Waals surface area (Å²) in [4.78, 5) is 33.1. The predicted molar refractivity (Wildman–Crippen MR) is 142 cm³/mol. The van der Waals surface area contributed by atoms with Gasteiger partial charge in [0.15, 0.2) is 12.4 Å². The second-order valence-corrected chi connectivity index (χ2v) is 8.49. The summed E-state index contributed by atoms with van der Waals surface area (Å²) in [6.07, 6.45) is 8.12. The Morgan fingerprint density at radius 2 is 1.12 bits per heavy atom. The van der Waals surface area contributed by atoms with Crippen molar-refractivity contribution in [2.75, 3.05) is 0 Å². The van der Waals surface area contributed by atoms with Crippen LogP contribution in [0.15, 0.2) is 95.7 Å². The van der Waals surface area contributed by atoms with Crippen LogP contribution in [0.1, 0.15) is 32.1 Å². The standard InChI is InChI=1S/C28H22N8O2.2HI/c1-35-13-11-19(21-7-3-5-9-25(21)35)16-31-33-27(37)23-15-24(30-18-29-23)28(38)34-32-17-20-12-14-36(2)26-10-6-4-8-22(20)26;;/h3-18H,1-2H3;2*1H. The van der Waals surface area contributed by atoms with Crippen LogP contribution in [0.4, 0.5) is 0 Å². The minimum atomic E-state index is -0.574. The summed E-state index contributed by atoms with van der Waals surface area (Å²) < 4.78 is 4.01. The number of hydrogen-bond acceptors (Lipinski definition) is 6. The highest BCUT2D eigenvalue weighted by atomic mass is 127. The molecule has 0 spiro atoms. The third-order valence-electron chi connectivity index (χ3n) is 6.02. The van der Waals surface area contributed by atoms with E-state index in [9.17, 15) is 9.59 Å². The maximum Gasteiger partial charge on any atom is 0.290 e. The number of benzene rings is 2. The molecule has 10 nitrogen and oxygen atoms in total. The van der Waals surface area contributed by atoms with E-state index in [0.717, 1.165) is 39.3 Å². The normalized spacial score (nSPS) is 10.8. The number of nitrogens with zero attached hydrogens (tertiary/aromatic N) is 6. The zero-order chi connectivity index (χ0) is 26.5. The maximum atomic E-state index is 12.6. The third kappa shape index (κ3) is 6.80. The highest BCUT2D eigenvalue weighted by molar-refractivity contribution is 6.00. The molecule has 0 aliphatic rings. The second-order valence-electron chi connectivity index (χ2n) is 8.49. The molecule has 2 aromatic carbocycles. The molecular weight excluding hydrogens is 734 g/mol. The molecule has 12 heteroatoms. The molecule has 0 fully saturated rings. The molecule has 2 N–H and O–H groups in total. The fourth-order valence-electron chi connectivity index (χ4n) is 4.04. The smallest absolute Gasteiger partial charge is 0.290 e. The van der Waals surface area contributed by atoms with Gasteiger partial charge in [-0.25, -0.2) is 30.0 Å². The first-order chi connectivity index (χ1) is 18.5. The highest BCUT2D eigenvalue weighted by Gasteiger charge is 2.13. The molecule has 40 heavy (non-hydrogen) atoms. The van der Waals surface area contributed by atoms with Crippen molar-refractivity contribution in [2.24, 2.45) is 24.3 Å². The maximum absolute atomic E-state index is 12.6. The number of hydrogen-bond donors (Lipinski definition) is 2. The molecule has 0 bridgehead atoms. The first kappa shape index (κ1) is 30.6. The van der Waals surface area contributed by atoms with Gasteiger partial charge in [-0.3, -0.25) is 9.59 Å². The first-order valence-electron chi connectivity index (χ1n) is 11.7. The SMILES string of the molecule is C[n+]1ccc(/C=N/NC(=O)c2cc(C(=O)N/N=C/c3cc[n+](C)c4ccccc34)ncn2)c2ccccc21.[I-].[I-]. The molecule has 0 atom stereocenters. The van der Waals surface area contributed by atoms with Crippen molar-refractivity contribution in [3.8, 4) is 0 Å². The van der Waals surface area contributed by atoms with Crippen LogP contribution in [0, 0.1) is 0 Å². The van der Waals surface area contributed by atoms with Crippen LogP contribution in [-0.4, -0.2) is 34.2 Å². The van der Waals surface area contributed by atoms with Gasteiger partial charge in [0, 0.05) is 41.5 Å². The molecule has 3 aromatic heterocycles. The quantitative estimate of drug-likeness (QED) is 0.0796. The van der Waals surface area contributed by atoms with Crippen LogP contribution < -0.4 is 67.9 Å². The molecule has 5 aromatic rings. The molecule has 0 aliphatic carbocycles. The zero-order valence-electron chi connectivity index (χ0n) is 21.5. The van der Waals surface area contributed by atoms with Gasteiger partial charge >= 0.3 is 0 Å². The van der Waals surface area contributed by atoms with Crippen molar-refractivity contribution in [2.45, 2.75) is 0 Å². The van der Waals surface area contributed by atoms with E-state index >= 15 is 0 Å². The Kier molecular flexibility index (Phi) is 10.7. The molecule has 0 unspecified atom stereocenters. The average molecular weight is 758 g/mol. The fourth-order valence-corrected chi connectivity index (χ4v) is 4.04. The zero-order valence-corrected chi connectivity index (χ0v) is 25.8. The van der Waals surface area contributed by atoms with E-state index in [2.05, 4.69) is 31.0 Å². The number of carbonyl (C=O) groups is 2. The first-order valence-corrected chi connectivity index (χ1v) is 11.7. The monoisotopic (exact) mass is 758 g/mol. The number of amides is 2. The lowest BCUT2D eigenvalue weighted by molar-refractivity contribution is -0.645. The van der Waals surface area contributed by atoms with Crippen molar-refractivity contribution in [3.63, 3.8) is 0 Å². The van der Waals surface area contributed by atoms with Crippen molar-refractivity contribution in [3.05, 3.63) is 108 Å². The van der Waals surface area contributed by atoms with Gasteiger partial charge in [0.05, 0.1) is 23.2 Å². The molecule has 0 aliphatic heterocycles. The number of aryl methyl sites for hydroxylation is 2. The van der Waals surface area contributed by atoms with Gasteiger partial charge in [0.25, 0.3) is 11.8 Å². The van der Waals surface area contributed by atoms with E-state index in [4.69, 9.17) is 0 Å². The number of fused-ring (bicyclic) bond motifs is 2. The molecular formula is C28H24I2N8O2. The van der Waals surface area contributed by atoms with E-state index in [-0.39, 0.29) is 59.3 Å². The minimum absolute atomic E-state index is 0. The summed E-state index contributed by atoms with van der Waals surface area (Å²) in [5.74, 6) is -1.15. The molecule has 3 heterocycles. The summed E-state index contributed by atoms with van der Waals surface area (Å²) >= 11 is 0. The third-order valence-corrected chi connectivity index (χ3v) is 6.02. The van der Waals surface area contributed by atoms with Crippen molar-refractivity contribution < 1.29 is 66.7 Å². The molecule has 2 amide bonds. The van der Waals surface area contributed by atoms with Gasteiger partial charge in [0.2, 0.25) is 11.0 Å². The second kappa shape index (κ2) is 13.9. The van der Waals surface area contributed by atoms with Gasteiger partial charge in [-0.2, -0.15) is 10.2 Å². The number of pyridine rings is 2. The van der Waals surface area contributed by atoms with Crippen LogP contribution in [-0.2, 0) is 14.1 Å². The Labute approximate surface area is 264 Å². The molecule has 0 radical (unpaired) electrons. The van der Waals surface area contributed by atoms with Crippen LogP contribution in [0.25, 0.3) is 21.8 Å². The van der Waals surface area contributed by atoms with Gasteiger partial charge < -0.3 is 48.0 Å². The fraction of sp³-hybridized carbons (Fsp3) is 0.0714. The van der Waals surface area contributed by atoms with Crippen LogP contribution in [0.5, 0.6) is 0 Å². The number of halogens is 2. The van der Waals surface area contributed by atoms with Crippen LogP contribution in [0.2, 0.25) is 0 Å². The summed E-state index contributed by atoms with van der Waals surface area (Å²) in [5, 5.41) is 10.1. The van der Waals surface area contributed by atoms with Crippen molar-refractivity contribution in [1.29, 1.82) is 0 Å². The van der Waals surface area contributed by atoms with E-state index in [1.807, 2.05) is 96.3 Å². The Bertz CT molecular complexity index is 1630. The lowest BCUT2D eigenvalue weighted by Crippen LogP contribution is -3.00. The molecule has 5 rings (SSSR count). The lowest BCUT2D eigenvalue weighted by Gasteiger charge is -2.03. The summed E-state index contributed by atoms with van der Waals surface area (Å²) in [6.45, 7) is 0. The summed E-state index contributed by atoms with van der Waals surface area (Å²) in [7, 11) is 3.92. The Morgan fingerprint density at radius 3 is 1.57 bits per heavy atom. The number of nitrogens with one attached hydrogen (secondary N) is 2. The van der Waals surface area contributed by atoms with Gasteiger partial charge in [0.1, 0.15) is 31.8 Å². The number of para-hydroxylation sites is 2. The summed E-state index contributed by atoms with van der Waals surface area (Å²) in [5.41, 5.74) is 8.65. The van der Waals surface area contributed by atoms with E-state index in [1.54, 1.807) is 12.4 Å². The van der Waals surface area contributed by atoms with Gasteiger partial charge in [-0.15, -0.1) is 0 Å². The Morgan fingerprint density at radius 1 is 0.700 bits per heavy atom. The van der Waals surface area contributed by atoms with Crippen LogP contribution >= 0.6 is 0 Å². The van der Waals surface area contributed by atoms with Crippen molar-refractivity contribution in [1.82, 2.24) is 20.8 Å². The van der Waals surface area contributed by atoms with Crippen molar-refractivity contribution >= 4 is 46.0 Å². The number of hydrazone groups is 2. The number of rotatable bonds is 6. The largest absolute Gasteiger partial charge is 1.00 e. The summed E-state index contributed by atoms with van der Waals surface area (Å²) in [6, 6.07) is 20.9. The van der Waals surface area contributed by atoms with E-state index < -0.39 is 11.8 Å². The topological polar surface area (TPSA) is 116 Å². The Balaban J connectivity index is 0.00000220. The molecule has 0 saturated heterocycles. The molecule has 0 saturated carbocycles. The Hall–Kier alpha value is -3.92. The average Bonchev–Trinajstić information content (AvgIpc) is 2.95. The van der Waals surface area contributed by atoms with E-state index in [1.165, 1.54) is 6.07 Å². The number of aromatic nitrogens is 4. The minimum Gasteiger partial charge on any atom is -1.00 e. The lowest BCUT2D eigenvalue weighted by atomic mass is 10.1. The predicted octanol–water partition coefficient (Wildman–Crippen LogP) is -4.03. The van der Waals surface area contributed by atoms with Gasteiger partial charge in [-0.05, 0) is 12.1 Å². The molecule has 202 valence electrons. The van der Waals surface area contributed by atoms with E-state index in [0.29, 0.717) is 0 Å². The van der Waals surface area contributed by atoms with Crippen LogP contribution in [0.3, 0.4) is 0 Å². The van der Waals surface area contributed by atoms with Gasteiger partial charge in [-0.1, -0.05) is 24.3 Å².